The summed E-state index contributed by atoms with van der Waals surface area (Å²) in [5.41, 5.74) is -10.9. The fourth-order valence-electron chi connectivity index (χ4n) is 12.7. The van der Waals surface area contributed by atoms with Crippen molar-refractivity contribution in [3.63, 3.8) is 0 Å². The Morgan fingerprint density at radius 3 is 1.90 bits per heavy atom. The molecule has 0 radical (unpaired) electrons. The van der Waals surface area contributed by atoms with E-state index in [1.165, 1.54) is 44.7 Å². The number of halogens is 6. The number of hydrogen-bond acceptors (Lipinski definition) is 18. The molecule has 25 heteroatoms. The number of fused-ring (bicyclic) bond motifs is 5. The normalized spacial score (nSPS) is 31.6. The summed E-state index contributed by atoms with van der Waals surface area (Å²) in [7, 11) is 0. The summed E-state index contributed by atoms with van der Waals surface area (Å²) < 4.78 is 56.5. The number of carbonyl (C=O) groups is 7. The van der Waals surface area contributed by atoms with Crippen LogP contribution in [0, 0.1) is 16.7 Å². The largest absolute Gasteiger partial charge is 0.509 e. The second-order valence-electron chi connectivity index (χ2n) is 22.8. The van der Waals surface area contributed by atoms with Gasteiger partial charge in [-0.2, -0.15) is 0 Å². The van der Waals surface area contributed by atoms with E-state index >= 15 is 9.59 Å². The minimum absolute atomic E-state index is 0.0222. The quantitative estimate of drug-likeness (QED) is 0.101. The van der Waals surface area contributed by atoms with Gasteiger partial charge in [-0.3, -0.25) is 14.5 Å². The Balaban J connectivity index is 1.35. The maximum Gasteiger partial charge on any atom is 0.509 e. The average molecular weight is 1240 g/mol. The van der Waals surface area contributed by atoms with Crippen LogP contribution in [0.2, 0.25) is 0 Å². The summed E-state index contributed by atoms with van der Waals surface area (Å²) in [6.45, 7) is 9.81. The van der Waals surface area contributed by atoms with Gasteiger partial charge < -0.3 is 52.5 Å². The Hall–Kier alpha value is -4.31. The lowest BCUT2D eigenvalue weighted by molar-refractivity contribution is -0.346. The molecule has 3 saturated carbocycles. The maximum atomic E-state index is 16.5. The first-order valence-corrected chi connectivity index (χ1v) is 28.3. The van der Waals surface area contributed by atoms with Gasteiger partial charge in [0.15, 0.2) is 23.6 Å². The van der Waals surface area contributed by atoms with E-state index in [2.05, 4.69) is 0 Å². The fraction of sp³-hybridized carbons (Fsp3) is 0.618. The number of ketones is 1. The highest BCUT2D eigenvalue weighted by Gasteiger charge is 2.79. The maximum absolute atomic E-state index is 16.5. The molecular weight excluding hydrogens is 1180 g/mol. The molecule has 2 bridgehead atoms. The zero-order chi connectivity index (χ0) is 58.8. The minimum atomic E-state index is -2.61. The highest BCUT2D eigenvalue weighted by atomic mass is 35.6. The topological polar surface area (TPSA) is 235 Å². The number of ether oxygens (including phenoxy) is 10. The summed E-state index contributed by atoms with van der Waals surface area (Å²) in [5.74, 6) is -5.88. The monoisotopic (exact) mass is 1240 g/mol. The molecule has 1 N–H and O–H groups in total. The fourth-order valence-corrected chi connectivity index (χ4v) is 13.0. The highest BCUT2D eigenvalue weighted by Crippen LogP contribution is 2.65. The number of alkyl halides is 6. The third-order valence-corrected chi connectivity index (χ3v) is 16.9. The van der Waals surface area contributed by atoms with Crippen molar-refractivity contribution < 1.29 is 86.0 Å². The number of amides is 1. The Morgan fingerprint density at radius 2 is 1.36 bits per heavy atom. The molecule has 5 fully saturated rings. The molecular formula is C55H63Cl6NO18. The molecule has 2 saturated heterocycles. The van der Waals surface area contributed by atoms with Gasteiger partial charge in [0.2, 0.25) is 7.59 Å². The molecule has 2 aliphatic heterocycles. The Bertz CT molecular complexity index is 2760. The number of hydrogen-bond donors (Lipinski definition) is 1. The third kappa shape index (κ3) is 11.9. The lowest BCUT2D eigenvalue weighted by Gasteiger charge is -2.67. The molecule has 1 spiro atoms. The molecule has 6 aliphatic rings. The number of rotatable bonds is 10. The first-order chi connectivity index (χ1) is 37.2. The molecule has 8 rings (SSSR count). The third-order valence-electron chi connectivity index (χ3n) is 16.2. The number of esters is 3. The van der Waals surface area contributed by atoms with E-state index in [4.69, 9.17) is 117 Å². The van der Waals surface area contributed by atoms with Crippen molar-refractivity contribution in [1.29, 1.82) is 0 Å². The van der Waals surface area contributed by atoms with Crippen molar-refractivity contribution in [3.8, 4) is 0 Å². The van der Waals surface area contributed by atoms with Crippen molar-refractivity contribution in [3.05, 3.63) is 82.9 Å². The molecule has 2 aromatic carbocycles. The van der Waals surface area contributed by atoms with Crippen LogP contribution in [0.3, 0.4) is 0 Å². The van der Waals surface area contributed by atoms with Gasteiger partial charge in [0.1, 0.15) is 60.6 Å². The molecule has 0 unspecified atom stereocenters. The van der Waals surface area contributed by atoms with Gasteiger partial charge in [-0.15, -0.1) is 0 Å². The van der Waals surface area contributed by atoms with Crippen LogP contribution in [0.5, 0.6) is 0 Å². The van der Waals surface area contributed by atoms with Crippen LogP contribution < -0.4 is 0 Å². The average Bonchev–Trinajstić information content (AvgIpc) is 3.80. The first-order valence-electron chi connectivity index (χ1n) is 26.0. The summed E-state index contributed by atoms with van der Waals surface area (Å²) in [6, 6.07) is 15.2. The number of aliphatic hydroxyl groups is 1. The van der Waals surface area contributed by atoms with Crippen LogP contribution >= 0.6 is 69.6 Å². The predicted octanol–water partition coefficient (Wildman–Crippen LogP) is 10.7. The first kappa shape index (κ1) is 61.8. The van der Waals surface area contributed by atoms with Gasteiger partial charge in [0, 0.05) is 25.2 Å². The zero-order valence-corrected chi connectivity index (χ0v) is 49.6. The van der Waals surface area contributed by atoms with Gasteiger partial charge in [-0.1, -0.05) is 138 Å². The Labute approximate surface area is 492 Å². The molecule has 0 aromatic heterocycles. The van der Waals surface area contributed by atoms with Crippen LogP contribution in [-0.2, 0) is 61.8 Å². The second kappa shape index (κ2) is 22.7. The van der Waals surface area contributed by atoms with E-state index in [1.807, 2.05) is 0 Å². The van der Waals surface area contributed by atoms with Gasteiger partial charge in [-0.25, -0.2) is 24.0 Å². The van der Waals surface area contributed by atoms with Gasteiger partial charge in [0.25, 0.3) is 0 Å². The van der Waals surface area contributed by atoms with Crippen molar-refractivity contribution in [2.45, 2.75) is 173 Å². The summed E-state index contributed by atoms with van der Waals surface area (Å²) in [5, 5.41) is 14.3. The standard InChI is InChI=1S/C55H63Cl6NO18/c1-29-33(74-44(66)39-37(31-18-12-9-13-19-31)62(45(67)80-48(3,4)5)51(79-39)22-16-11-17-23-51)25-53(70)42(77-43(65)32-20-14-10-15-21-32)40-50(8,41(64)38(36(29)49(53,6)7)76-47(69)73-28-55(59,60)61)34(75-46(68)72-27-54(56,57)58)24-35-52(40,26-71-35)78-30(2)63/h9-10,12-15,18-21,33-35,37-40,42,70H,11,16-17,22-28H2,1-8H3/t33-,34-,35+,37-,38+,39+,40-,42-,50+,52-,53+/m0/s1. The second-order valence-corrected chi connectivity index (χ2v) is 27.9. The predicted molar refractivity (Wildman–Crippen MR) is 288 cm³/mol. The minimum Gasteiger partial charge on any atom is -0.456 e. The molecule has 2 heterocycles. The van der Waals surface area contributed by atoms with E-state index in [1.54, 1.807) is 69.3 Å². The van der Waals surface area contributed by atoms with Gasteiger partial charge in [-0.05, 0) is 89.1 Å². The smallest absolute Gasteiger partial charge is 0.456 e. The van der Waals surface area contributed by atoms with E-state index in [-0.39, 0.29) is 16.7 Å². The molecule has 4 aliphatic carbocycles. The number of carbonyl (C=O) groups excluding carboxylic acids is 7. The van der Waals surface area contributed by atoms with Crippen LogP contribution in [0.1, 0.15) is 122 Å². The number of nitrogens with zero attached hydrogens (tertiary/aromatic N) is 1. The highest BCUT2D eigenvalue weighted by molar-refractivity contribution is 6.68. The summed E-state index contributed by atoms with van der Waals surface area (Å²) in [4.78, 5) is 104. The van der Waals surface area contributed by atoms with Crippen LogP contribution in [0.4, 0.5) is 14.4 Å². The van der Waals surface area contributed by atoms with E-state index < -0.39 is 164 Å². The summed E-state index contributed by atoms with van der Waals surface area (Å²) in [6.07, 6.45) is -12.5. The van der Waals surface area contributed by atoms with Crippen LogP contribution in [-0.4, -0.2) is 139 Å². The van der Waals surface area contributed by atoms with Crippen molar-refractivity contribution in [2.75, 3.05) is 19.8 Å². The molecule has 1 amide bonds. The molecule has 19 nitrogen and oxygen atoms in total. The molecule has 2 aromatic rings. The Morgan fingerprint density at radius 1 is 0.787 bits per heavy atom. The molecule has 438 valence electrons. The van der Waals surface area contributed by atoms with E-state index in [0.717, 1.165) is 13.3 Å². The van der Waals surface area contributed by atoms with E-state index in [9.17, 15) is 29.1 Å². The van der Waals surface area contributed by atoms with Gasteiger partial charge in [0.05, 0.1) is 23.5 Å². The van der Waals surface area contributed by atoms with E-state index in [0.29, 0.717) is 31.2 Å². The number of Topliss-reactive ketones (excluding diaryl/α,β-unsaturated/α-hetero) is 1. The SMILES string of the molecule is CC(=O)O[C@@]12CO[C@@H]1C[C@H](OC(=O)OCC(Cl)(Cl)Cl)[C@@]1(C)C(=O)[C@H](OC(=O)OCC(Cl)(Cl)Cl)C3=C(C)[C@@H](OC(=O)[C@@H]4OC5(CCCCC5)N(C(=O)OC(C)(C)C)[C@H]4c4ccccc4)C[C@@](O)([C@@H](OC(=O)c4ccccc4)[C@H]21)C3(C)C. The van der Waals surface area contributed by atoms with Crippen molar-refractivity contribution in [1.82, 2.24) is 4.90 Å². The molecule has 11 atom stereocenters. The molecule has 80 heavy (non-hydrogen) atoms. The van der Waals surface area contributed by atoms with Crippen LogP contribution in [0.25, 0.3) is 0 Å². The van der Waals surface area contributed by atoms with Crippen LogP contribution in [0.15, 0.2) is 71.8 Å². The lowest BCUT2D eigenvalue weighted by Crippen LogP contribution is -2.82. The zero-order valence-electron chi connectivity index (χ0n) is 45.1. The van der Waals surface area contributed by atoms with Crippen molar-refractivity contribution in [2.24, 2.45) is 16.7 Å². The van der Waals surface area contributed by atoms with Crippen molar-refractivity contribution >= 4 is 112 Å². The van der Waals surface area contributed by atoms with Gasteiger partial charge >= 0.3 is 36.3 Å². The summed E-state index contributed by atoms with van der Waals surface area (Å²) >= 11 is 35.8. The number of benzene rings is 2. The Kier molecular flexibility index (Phi) is 17.5. The lowest BCUT2D eigenvalue weighted by atomic mass is 9.44.